The molecular formula is C9H9Cl2NO2. The first-order valence-corrected chi connectivity index (χ1v) is 4.61. The average Bonchev–Trinajstić information content (AvgIpc) is 2.14. The fourth-order valence-electron chi connectivity index (χ4n) is 0.886. The van der Waals surface area contributed by atoms with E-state index in [0.29, 0.717) is 15.7 Å². The van der Waals surface area contributed by atoms with Crippen LogP contribution in [0.3, 0.4) is 0 Å². The van der Waals surface area contributed by atoms with Crippen LogP contribution in [0.15, 0.2) is 12.1 Å². The Labute approximate surface area is 92.0 Å². The highest BCUT2D eigenvalue weighted by atomic mass is 35.5. The number of amides is 1. The number of halogens is 2. The van der Waals surface area contributed by atoms with Gasteiger partial charge in [0, 0.05) is 15.7 Å². The second-order valence-corrected chi connectivity index (χ2v) is 3.50. The molecule has 0 bridgehead atoms. The Hall–Kier alpha value is -0.930. The number of carbonyl (C=O) groups excluding carboxylic acids is 1. The monoisotopic (exact) mass is 233 g/mol. The van der Waals surface area contributed by atoms with Crippen molar-refractivity contribution in [3.8, 4) is 0 Å². The van der Waals surface area contributed by atoms with Crippen molar-refractivity contribution < 1.29 is 9.53 Å². The number of nitrogens with one attached hydrogen (secondary N) is 1. The Bertz CT molecular complexity index is 343. The molecule has 0 aliphatic carbocycles. The summed E-state index contributed by atoms with van der Waals surface area (Å²) in [5, 5.41) is 3.48. The number of benzene rings is 1. The minimum absolute atomic E-state index is 0.504. The van der Waals surface area contributed by atoms with Gasteiger partial charge in [0.05, 0.1) is 7.11 Å². The molecule has 76 valence electrons. The van der Waals surface area contributed by atoms with E-state index in [1.54, 1.807) is 19.1 Å². The van der Waals surface area contributed by atoms with E-state index in [1.807, 2.05) is 0 Å². The Morgan fingerprint density at radius 1 is 1.36 bits per heavy atom. The third kappa shape index (κ3) is 2.53. The zero-order chi connectivity index (χ0) is 10.7. The topological polar surface area (TPSA) is 38.3 Å². The standard InChI is InChI=1S/C9H9Cl2NO2/c1-5-7(10)3-6(4-8(5)11)12-9(13)14-2/h3-4H,1-2H3,(H,12,13). The van der Waals surface area contributed by atoms with Crippen LogP contribution in [0, 0.1) is 6.92 Å². The predicted octanol–water partition coefficient (Wildman–Crippen LogP) is 3.48. The third-order valence-corrected chi connectivity index (χ3v) is 2.50. The first-order valence-electron chi connectivity index (χ1n) is 3.85. The van der Waals surface area contributed by atoms with Crippen molar-refractivity contribution in [1.82, 2.24) is 0 Å². The van der Waals surface area contributed by atoms with Crippen LogP contribution in [0.4, 0.5) is 10.5 Å². The van der Waals surface area contributed by atoms with E-state index >= 15 is 0 Å². The molecule has 0 unspecified atom stereocenters. The number of rotatable bonds is 1. The molecule has 0 radical (unpaired) electrons. The van der Waals surface area contributed by atoms with Crippen molar-refractivity contribution in [1.29, 1.82) is 0 Å². The van der Waals surface area contributed by atoms with Crippen LogP contribution in [0.25, 0.3) is 0 Å². The number of methoxy groups -OCH3 is 1. The van der Waals surface area contributed by atoms with Crippen LogP contribution >= 0.6 is 23.2 Å². The Morgan fingerprint density at radius 3 is 2.29 bits per heavy atom. The van der Waals surface area contributed by atoms with Gasteiger partial charge in [0.15, 0.2) is 0 Å². The van der Waals surface area contributed by atoms with E-state index in [2.05, 4.69) is 10.1 Å². The molecule has 1 rings (SSSR count). The quantitative estimate of drug-likeness (QED) is 0.807. The van der Waals surface area contributed by atoms with Gasteiger partial charge in [-0.05, 0) is 24.6 Å². The second-order valence-electron chi connectivity index (χ2n) is 2.68. The van der Waals surface area contributed by atoms with Gasteiger partial charge in [0.25, 0.3) is 0 Å². The van der Waals surface area contributed by atoms with Crippen molar-refractivity contribution in [2.45, 2.75) is 6.92 Å². The highest BCUT2D eigenvalue weighted by Gasteiger charge is 2.06. The lowest BCUT2D eigenvalue weighted by molar-refractivity contribution is 0.187. The van der Waals surface area contributed by atoms with E-state index in [4.69, 9.17) is 23.2 Å². The normalized spacial score (nSPS) is 9.71. The summed E-state index contributed by atoms with van der Waals surface area (Å²) in [6.45, 7) is 1.80. The highest BCUT2D eigenvalue weighted by molar-refractivity contribution is 6.36. The van der Waals surface area contributed by atoms with E-state index in [-0.39, 0.29) is 0 Å². The maximum atomic E-state index is 10.9. The number of hydrogen-bond acceptors (Lipinski definition) is 2. The molecule has 1 amide bonds. The zero-order valence-electron chi connectivity index (χ0n) is 7.73. The summed E-state index contributed by atoms with van der Waals surface area (Å²) in [6.07, 6.45) is -0.555. The molecule has 0 aliphatic heterocycles. The summed E-state index contributed by atoms with van der Waals surface area (Å²) >= 11 is 11.7. The van der Waals surface area contributed by atoms with Crippen LogP contribution in [0.5, 0.6) is 0 Å². The van der Waals surface area contributed by atoms with Crippen molar-refractivity contribution in [2.24, 2.45) is 0 Å². The number of ether oxygens (including phenoxy) is 1. The highest BCUT2D eigenvalue weighted by Crippen LogP contribution is 2.27. The van der Waals surface area contributed by atoms with E-state index < -0.39 is 6.09 Å². The molecule has 0 fully saturated rings. The van der Waals surface area contributed by atoms with Crippen molar-refractivity contribution in [3.05, 3.63) is 27.7 Å². The summed E-state index contributed by atoms with van der Waals surface area (Å²) in [5.74, 6) is 0. The van der Waals surface area contributed by atoms with Gasteiger partial charge >= 0.3 is 6.09 Å². The molecule has 0 saturated heterocycles. The third-order valence-electron chi connectivity index (χ3n) is 1.71. The molecule has 3 nitrogen and oxygen atoms in total. The predicted molar refractivity (Wildman–Crippen MR) is 57.2 cm³/mol. The van der Waals surface area contributed by atoms with Gasteiger partial charge in [0.1, 0.15) is 0 Å². The average molecular weight is 234 g/mol. The first kappa shape index (κ1) is 11.1. The number of anilines is 1. The molecule has 5 heteroatoms. The molecule has 1 N–H and O–H groups in total. The largest absolute Gasteiger partial charge is 0.453 e. The van der Waals surface area contributed by atoms with Gasteiger partial charge in [-0.3, -0.25) is 5.32 Å². The Balaban J connectivity index is 2.95. The summed E-state index contributed by atoms with van der Waals surface area (Å²) in [4.78, 5) is 10.9. The van der Waals surface area contributed by atoms with Crippen molar-refractivity contribution in [2.75, 3.05) is 12.4 Å². The summed E-state index contributed by atoms with van der Waals surface area (Å²) < 4.78 is 4.43. The Morgan fingerprint density at radius 2 is 1.86 bits per heavy atom. The lowest BCUT2D eigenvalue weighted by Gasteiger charge is -2.07. The van der Waals surface area contributed by atoms with Gasteiger partial charge in [-0.25, -0.2) is 4.79 Å². The fraction of sp³-hybridized carbons (Fsp3) is 0.222. The second kappa shape index (κ2) is 4.53. The molecule has 0 aliphatic rings. The lowest BCUT2D eigenvalue weighted by atomic mass is 10.2. The molecule has 0 atom stereocenters. The zero-order valence-corrected chi connectivity index (χ0v) is 9.24. The van der Waals surface area contributed by atoms with E-state index in [0.717, 1.165) is 5.56 Å². The molecule has 1 aromatic carbocycles. The molecule has 0 heterocycles. The minimum Gasteiger partial charge on any atom is -0.453 e. The summed E-state index contributed by atoms with van der Waals surface area (Å²) in [7, 11) is 1.28. The fourth-order valence-corrected chi connectivity index (χ4v) is 1.37. The molecule has 0 aromatic heterocycles. The maximum Gasteiger partial charge on any atom is 0.411 e. The van der Waals surface area contributed by atoms with Gasteiger partial charge in [-0.1, -0.05) is 23.2 Å². The van der Waals surface area contributed by atoms with E-state index in [1.165, 1.54) is 7.11 Å². The SMILES string of the molecule is COC(=O)Nc1cc(Cl)c(C)c(Cl)c1. The molecule has 1 aromatic rings. The van der Waals surface area contributed by atoms with Crippen LogP contribution in [-0.2, 0) is 4.74 Å². The van der Waals surface area contributed by atoms with Crippen LogP contribution < -0.4 is 5.32 Å². The summed E-state index contributed by atoms with van der Waals surface area (Å²) in [6, 6.07) is 3.22. The van der Waals surface area contributed by atoms with Crippen LogP contribution in [0.1, 0.15) is 5.56 Å². The molecule has 0 saturated carbocycles. The van der Waals surface area contributed by atoms with Crippen LogP contribution in [-0.4, -0.2) is 13.2 Å². The van der Waals surface area contributed by atoms with Crippen LogP contribution in [0.2, 0.25) is 10.0 Å². The van der Waals surface area contributed by atoms with Gasteiger partial charge < -0.3 is 4.74 Å². The number of hydrogen-bond donors (Lipinski definition) is 1. The smallest absolute Gasteiger partial charge is 0.411 e. The molecule has 0 spiro atoms. The first-order chi connectivity index (χ1) is 6.54. The van der Waals surface area contributed by atoms with Gasteiger partial charge in [-0.15, -0.1) is 0 Å². The van der Waals surface area contributed by atoms with Crippen molar-refractivity contribution in [3.63, 3.8) is 0 Å². The lowest BCUT2D eigenvalue weighted by Crippen LogP contribution is -2.10. The summed E-state index contributed by atoms with van der Waals surface area (Å²) in [5.41, 5.74) is 1.29. The van der Waals surface area contributed by atoms with E-state index in [9.17, 15) is 4.79 Å². The maximum absolute atomic E-state index is 10.9. The van der Waals surface area contributed by atoms with Gasteiger partial charge in [0.2, 0.25) is 0 Å². The molecule has 14 heavy (non-hydrogen) atoms. The van der Waals surface area contributed by atoms with Gasteiger partial charge in [-0.2, -0.15) is 0 Å². The van der Waals surface area contributed by atoms with Crippen molar-refractivity contribution >= 4 is 35.0 Å². The Kier molecular flexibility index (Phi) is 3.61. The molecular weight excluding hydrogens is 225 g/mol. The minimum atomic E-state index is -0.555. The number of carbonyl (C=O) groups is 1.